The summed E-state index contributed by atoms with van der Waals surface area (Å²) in [6.07, 6.45) is 2.55. The van der Waals surface area contributed by atoms with Crippen molar-refractivity contribution in [2.45, 2.75) is 19.4 Å². The Balaban J connectivity index is 1.56. The second-order valence-corrected chi connectivity index (χ2v) is 6.83. The van der Waals surface area contributed by atoms with Gasteiger partial charge in [0.15, 0.2) is 0 Å². The third kappa shape index (κ3) is 4.58. The summed E-state index contributed by atoms with van der Waals surface area (Å²) >= 11 is 1.27. The summed E-state index contributed by atoms with van der Waals surface area (Å²) in [5.41, 5.74) is 2.29. The molecule has 25 heavy (non-hydrogen) atoms. The number of hydrogen-bond donors (Lipinski definition) is 2. The molecule has 0 spiro atoms. The van der Waals surface area contributed by atoms with Gasteiger partial charge in [-0.05, 0) is 55.1 Å². The number of ether oxygens (including phenoxy) is 1. The average molecular weight is 359 g/mol. The minimum Gasteiger partial charge on any atom is -0.465 e. The Morgan fingerprint density at radius 1 is 1.12 bits per heavy atom. The smallest absolute Gasteiger partial charge is 0.340 e. The minimum atomic E-state index is -0.470. The zero-order valence-electron chi connectivity index (χ0n) is 14.1. The van der Waals surface area contributed by atoms with Crippen LogP contribution in [0.4, 0.5) is 15.5 Å². The van der Waals surface area contributed by atoms with E-state index in [0.717, 1.165) is 19.6 Å². The first-order valence-electron chi connectivity index (χ1n) is 8.21. The monoisotopic (exact) mass is 359 g/mol. The molecule has 1 aliphatic rings. The van der Waals surface area contributed by atoms with Crippen molar-refractivity contribution in [1.82, 2.24) is 4.90 Å². The summed E-state index contributed by atoms with van der Waals surface area (Å²) in [6, 6.07) is 9.07. The lowest BCUT2D eigenvalue weighted by atomic mass is 10.2. The second kappa shape index (κ2) is 8.13. The van der Waals surface area contributed by atoms with E-state index in [1.54, 1.807) is 11.4 Å². The molecule has 0 unspecified atom stereocenters. The van der Waals surface area contributed by atoms with Crippen molar-refractivity contribution in [2.75, 3.05) is 30.8 Å². The third-order valence-electron chi connectivity index (χ3n) is 4.11. The van der Waals surface area contributed by atoms with Crippen LogP contribution in [0.25, 0.3) is 0 Å². The molecular weight excluding hydrogens is 338 g/mol. The van der Waals surface area contributed by atoms with E-state index < -0.39 is 5.97 Å². The summed E-state index contributed by atoms with van der Waals surface area (Å²) in [7, 11) is 1.31. The molecule has 132 valence electrons. The molecule has 7 heteroatoms. The summed E-state index contributed by atoms with van der Waals surface area (Å²) in [5, 5.41) is 7.66. The topological polar surface area (TPSA) is 70.7 Å². The molecule has 2 aromatic rings. The van der Waals surface area contributed by atoms with Crippen LogP contribution in [0.2, 0.25) is 0 Å². The van der Waals surface area contributed by atoms with Gasteiger partial charge in [0.05, 0.1) is 12.7 Å². The predicted octanol–water partition coefficient (Wildman–Crippen LogP) is 3.77. The van der Waals surface area contributed by atoms with Gasteiger partial charge in [-0.2, -0.15) is 0 Å². The predicted molar refractivity (Wildman–Crippen MR) is 99.3 cm³/mol. The zero-order chi connectivity index (χ0) is 17.6. The Labute approximate surface area is 150 Å². The molecule has 1 aromatic heterocycles. The maximum Gasteiger partial charge on any atom is 0.340 e. The number of methoxy groups -OCH3 is 1. The van der Waals surface area contributed by atoms with Crippen LogP contribution in [-0.2, 0) is 11.3 Å². The number of likely N-dealkylation sites (tertiary alicyclic amines) is 1. The highest BCUT2D eigenvalue weighted by molar-refractivity contribution is 7.14. The molecule has 6 nitrogen and oxygen atoms in total. The van der Waals surface area contributed by atoms with E-state index in [9.17, 15) is 9.59 Å². The van der Waals surface area contributed by atoms with Gasteiger partial charge in [-0.25, -0.2) is 9.59 Å². The number of thiophene rings is 1. The molecule has 2 heterocycles. The Kier molecular flexibility index (Phi) is 5.67. The fourth-order valence-corrected chi connectivity index (χ4v) is 3.60. The molecule has 1 aromatic carbocycles. The fraction of sp³-hybridized carbons (Fsp3) is 0.333. The molecule has 0 aliphatic carbocycles. The molecule has 0 atom stereocenters. The summed E-state index contributed by atoms with van der Waals surface area (Å²) in [5.74, 6) is -0.470. The molecule has 0 bridgehead atoms. The van der Waals surface area contributed by atoms with Crippen LogP contribution in [0.15, 0.2) is 35.7 Å². The van der Waals surface area contributed by atoms with Gasteiger partial charge in [-0.15, -0.1) is 11.3 Å². The molecule has 0 saturated carbocycles. The van der Waals surface area contributed by atoms with Crippen LogP contribution in [0.5, 0.6) is 0 Å². The summed E-state index contributed by atoms with van der Waals surface area (Å²) < 4.78 is 4.69. The number of carbonyl (C=O) groups excluding carboxylic acids is 2. The van der Waals surface area contributed by atoms with Crippen LogP contribution in [0.3, 0.4) is 0 Å². The molecule has 1 aliphatic heterocycles. The largest absolute Gasteiger partial charge is 0.465 e. The Morgan fingerprint density at radius 3 is 2.52 bits per heavy atom. The van der Waals surface area contributed by atoms with Crippen molar-refractivity contribution < 1.29 is 14.3 Å². The lowest BCUT2D eigenvalue weighted by molar-refractivity contribution is 0.0602. The molecule has 1 fully saturated rings. The molecule has 0 radical (unpaired) electrons. The van der Waals surface area contributed by atoms with Gasteiger partial charge in [-0.3, -0.25) is 10.2 Å². The Morgan fingerprint density at radius 2 is 1.84 bits per heavy atom. The van der Waals surface area contributed by atoms with E-state index >= 15 is 0 Å². The maximum atomic E-state index is 12.1. The number of urea groups is 1. The van der Waals surface area contributed by atoms with Crippen LogP contribution >= 0.6 is 11.3 Å². The first kappa shape index (κ1) is 17.4. The van der Waals surface area contributed by atoms with E-state index in [1.807, 2.05) is 24.3 Å². The SMILES string of the molecule is COC(=O)c1ccsc1NC(=O)Nc1ccc(CN2CCCC2)cc1. The lowest BCUT2D eigenvalue weighted by Gasteiger charge is -2.15. The molecule has 2 N–H and O–H groups in total. The highest BCUT2D eigenvalue weighted by Gasteiger charge is 2.15. The summed E-state index contributed by atoms with van der Waals surface area (Å²) in [6.45, 7) is 3.27. The third-order valence-corrected chi connectivity index (χ3v) is 4.94. The minimum absolute atomic E-state index is 0.351. The first-order valence-corrected chi connectivity index (χ1v) is 9.09. The van der Waals surface area contributed by atoms with Gasteiger partial charge in [0, 0.05) is 12.2 Å². The van der Waals surface area contributed by atoms with Gasteiger partial charge in [-0.1, -0.05) is 12.1 Å². The second-order valence-electron chi connectivity index (χ2n) is 5.91. The Hall–Kier alpha value is -2.38. The van der Waals surface area contributed by atoms with Crippen LogP contribution < -0.4 is 10.6 Å². The van der Waals surface area contributed by atoms with Crippen molar-refractivity contribution in [1.29, 1.82) is 0 Å². The number of amides is 2. The highest BCUT2D eigenvalue weighted by atomic mass is 32.1. The maximum absolute atomic E-state index is 12.1. The van der Waals surface area contributed by atoms with Crippen LogP contribution in [0, 0.1) is 0 Å². The van der Waals surface area contributed by atoms with Gasteiger partial charge in [0.25, 0.3) is 0 Å². The number of carbonyl (C=O) groups is 2. The number of esters is 1. The molecule has 2 amide bonds. The van der Waals surface area contributed by atoms with Gasteiger partial charge in [0.1, 0.15) is 5.00 Å². The van der Waals surface area contributed by atoms with Gasteiger partial charge >= 0.3 is 12.0 Å². The van der Waals surface area contributed by atoms with Crippen molar-refractivity contribution >= 4 is 34.0 Å². The number of nitrogens with one attached hydrogen (secondary N) is 2. The van der Waals surface area contributed by atoms with Crippen LogP contribution in [-0.4, -0.2) is 37.1 Å². The molecule has 3 rings (SSSR count). The van der Waals surface area contributed by atoms with E-state index in [1.165, 1.54) is 36.9 Å². The average Bonchev–Trinajstić information content (AvgIpc) is 3.28. The van der Waals surface area contributed by atoms with E-state index in [-0.39, 0.29) is 6.03 Å². The van der Waals surface area contributed by atoms with Crippen molar-refractivity contribution in [2.24, 2.45) is 0 Å². The fourth-order valence-electron chi connectivity index (χ4n) is 2.83. The van der Waals surface area contributed by atoms with E-state index in [2.05, 4.69) is 15.5 Å². The van der Waals surface area contributed by atoms with Crippen molar-refractivity contribution in [3.8, 4) is 0 Å². The number of rotatable bonds is 5. The number of anilines is 2. The standard InChI is InChI=1S/C18H21N3O3S/c1-24-17(22)15-8-11-25-16(15)20-18(23)19-14-6-4-13(5-7-14)12-21-9-2-3-10-21/h4-8,11H,2-3,9-10,12H2,1H3,(H2,19,20,23). The number of nitrogens with zero attached hydrogens (tertiary/aromatic N) is 1. The van der Waals surface area contributed by atoms with Crippen LogP contribution in [0.1, 0.15) is 28.8 Å². The lowest BCUT2D eigenvalue weighted by Crippen LogP contribution is -2.20. The Bertz CT molecular complexity index is 736. The summed E-state index contributed by atoms with van der Waals surface area (Å²) in [4.78, 5) is 26.2. The highest BCUT2D eigenvalue weighted by Crippen LogP contribution is 2.24. The number of hydrogen-bond acceptors (Lipinski definition) is 5. The van der Waals surface area contributed by atoms with E-state index in [0.29, 0.717) is 16.3 Å². The first-order chi connectivity index (χ1) is 12.2. The van der Waals surface area contributed by atoms with Gasteiger partial charge in [0.2, 0.25) is 0 Å². The quantitative estimate of drug-likeness (QED) is 0.797. The van der Waals surface area contributed by atoms with Gasteiger partial charge < -0.3 is 10.1 Å². The molecule has 1 saturated heterocycles. The van der Waals surface area contributed by atoms with Crippen molar-refractivity contribution in [3.05, 3.63) is 46.8 Å². The molecular formula is C18H21N3O3S. The van der Waals surface area contributed by atoms with E-state index in [4.69, 9.17) is 4.74 Å². The zero-order valence-corrected chi connectivity index (χ0v) is 14.9. The van der Waals surface area contributed by atoms with Crippen molar-refractivity contribution in [3.63, 3.8) is 0 Å². The normalized spacial score (nSPS) is 14.3. The number of benzene rings is 1.